The monoisotopic (exact) mass is 142 g/mol. The minimum Gasteiger partial charge on any atom is -0.453 e. The van der Waals surface area contributed by atoms with Crippen molar-refractivity contribution in [3.05, 3.63) is 0 Å². The fourth-order valence-corrected chi connectivity index (χ4v) is 0.327. The first-order chi connectivity index (χ1) is 4.63. The summed E-state index contributed by atoms with van der Waals surface area (Å²) in [6, 6.07) is 0. The fourth-order valence-electron chi connectivity index (χ4n) is 0.327. The summed E-state index contributed by atoms with van der Waals surface area (Å²) < 4.78 is 4.47. The number of aliphatic hydroxyl groups is 1. The fraction of sp³-hybridized carbons (Fsp3) is 0.571. The van der Waals surface area contributed by atoms with Crippen molar-refractivity contribution in [2.75, 3.05) is 6.61 Å². The Bertz CT molecular complexity index is 161. The summed E-state index contributed by atoms with van der Waals surface area (Å²) in [5.74, 6) is 4.54. The maximum atomic E-state index is 10.1. The molecule has 0 rings (SSSR count). The molecule has 0 saturated carbocycles. The van der Waals surface area contributed by atoms with Crippen molar-refractivity contribution < 1.29 is 14.6 Å². The molecular formula is C7H10O3. The van der Waals surface area contributed by atoms with E-state index in [9.17, 15) is 4.79 Å². The second-order valence-corrected chi connectivity index (χ2v) is 1.78. The molecular weight excluding hydrogens is 132 g/mol. The van der Waals surface area contributed by atoms with Gasteiger partial charge in [-0.05, 0) is 6.92 Å². The van der Waals surface area contributed by atoms with Crippen LogP contribution in [0.4, 0.5) is 0 Å². The predicted octanol–water partition coefficient (Wildman–Crippen LogP) is -0.0663. The van der Waals surface area contributed by atoms with Gasteiger partial charge in [-0.25, -0.2) is 0 Å². The Morgan fingerprint density at radius 3 is 2.80 bits per heavy atom. The molecule has 1 N–H and O–H groups in total. The zero-order valence-electron chi connectivity index (χ0n) is 6.05. The molecule has 0 aliphatic heterocycles. The van der Waals surface area contributed by atoms with Crippen molar-refractivity contribution in [2.24, 2.45) is 0 Å². The zero-order chi connectivity index (χ0) is 7.98. The summed E-state index contributed by atoms with van der Waals surface area (Å²) in [5, 5.41) is 8.60. The molecule has 0 spiro atoms. The lowest BCUT2D eigenvalue weighted by Crippen LogP contribution is -1.99. The highest BCUT2D eigenvalue weighted by Gasteiger charge is 1.86. The van der Waals surface area contributed by atoms with Gasteiger partial charge in [0.25, 0.3) is 0 Å². The van der Waals surface area contributed by atoms with Gasteiger partial charge in [-0.1, -0.05) is 11.8 Å². The Balaban J connectivity index is 3.38. The van der Waals surface area contributed by atoms with Crippen molar-refractivity contribution in [1.29, 1.82) is 0 Å². The first kappa shape index (κ1) is 8.99. The van der Waals surface area contributed by atoms with E-state index in [4.69, 9.17) is 5.11 Å². The topological polar surface area (TPSA) is 46.5 Å². The van der Waals surface area contributed by atoms with Crippen molar-refractivity contribution in [3.8, 4) is 11.8 Å². The van der Waals surface area contributed by atoms with Crippen LogP contribution in [0.3, 0.4) is 0 Å². The third-order valence-corrected chi connectivity index (χ3v) is 0.659. The Labute approximate surface area is 60.0 Å². The Hall–Kier alpha value is -1.01. The van der Waals surface area contributed by atoms with E-state index in [2.05, 4.69) is 16.6 Å². The molecule has 0 aliphatic carbocycles. The molecule has 0 amide bonds. The molecule has 0 fully saturated rings. The molecule has 0 bridgehead atoms. The lowest BCUT2D eigenvalue weighted by Gasteiger charge is -1.91. The van der Waals surface area contributed by atoms with Crippen LogP contribution in [0.5, 0.6) is 0 Å². The van der Waals surface area contributed by atoms with E-state index in [0.717, 1.165) is 0 Å². The van der Waals surface area contributed by atoms with E-state index in [1.165, 1.54) is 6.92 Å². The van der Waals surface area contributed by atoms with Crippen molar-refractivity contribution in [2.45, 2.75) is 20.0 Å². The molecule has 0 aromatic rings. The molecule has 0 aromatic heterocycles. The molecule has 0 radical (unpaired) electrons. The minimum absolute atomic E-state index is 0.0558. The van der Waals surface area contributed by atoms with Crippen LogP contribution in [-0.4, -0.2) is 23.8 Å². The zero-order valence-corrected chi connectivity index (χ0v) is 6.05. The maximum absolute atomic E-state index is 10.1. The molecule has 0 heterocycles. The van der Waals surface area contributed by atoms with Gasteiger partial charge in [-0.3, -0.25) is 4.79 Å². The highest BCUT2D eigenvalue weighted by Crippen LogP contribution is 1.75. The number of hydrogen-bond donors (Lipinski definition) is 1. The third-order valence-electron chi connectivity index (χ3n) is 0.659. The molecule has 0 unspecified atom stereocenters. The third kappa shape index (κ3) is 6.99. The van der Waals surface area contributed by atoms with Gasteiger partial charge in [0.1, 0.15) is 6.10 Å². The van der Waals surface area contributed by atoms with Gasteiger partial charge >= 0.3 is 5.97 Å². The highest BCUT2D eigenvalue weighted by atomic mass is 16.5. The number of aliphatic hydroxyl groups excluding tert-OH is 1. The average molecular weight is 142 g/mol. The lowest BCUT2D eigenvalue weighted by molar-refractivity contribution is -0.139. The van der Waals surface area contributed by atoms with E-state index < -0.39 is 6.10 Å². The minimum atomic E-state index is -0.657. The first-order valence-electron chi connectivity index (χ1n) is 2.92. The number of esters is 1. The second-order valence-electron chi connectivity index (χ2n) is 1.78. The van der Waals surface area contributed by atoms with E-state index in [0.29, 0.717) is 0 Å². The number of carbonyl (C=O) groups excluding carboxylic acids is 1. The summed E-state index contributed by atoms with van der Waals surface area (Å²) in [6.07, 6.45) is -0.657. The Morgan fingerprint density at radius 1 is 1.80 bits per heavy atom. The average Bonchev–Trinajstić information content (AvgIpc) is 1.79. The van der Waals surface area contributed by atoms with Crippen LogP contribution in [0.15, 0.2) is 0 Å². The van der Waals surface area contributed by atoms with Crippen LogP contribution in [0.1, 0.15) is 13.8 Å². The molecule has 3 nitrogen and oxygen atoms in total. The van der Waals surface area contributed by atoms with Crippen LogP contribution in [-0.2, 0) is 9.53 Å². The first-order valence-corrected chi connectivity index (χ1v) is 2.92. The number of carbonyl (C=O) groups is 1. The highest BCUT2D eigenvalue weighted by molar-refractivity contribution is 5.66. The summed E-state index contributed by atoms with van der Waals surface area (Å²) in [5.41, 5.74) is 0. The van der Waals surface area contributed by atoms with Crippen LogP contribution < -0.4 is 0 Å². The quantitative estimate of drug-likeness (QED) is 0.412. The molecule has 56 valence electrons. The van der Waals surface area contributed by atoms with Gasteiger partial charge in [0, 0.05) is 6.92 Å². The second kappa shape index (κ2) is 4.83. The molecule has 10 heavy (non-hydrogen) atoms. The van der Waals surface area contributed by atoms with Gasteiger partial charge in [-0.15, -0.1) is 0 Å². The number of hydrogen-bond acceptors (Lipinski definition) is 3. The molecule has 0 saturated heterocycles. The standard InChI is InChI=1S/C7H10O3/c1-6(8)4-3-5-10-7(2)9/h6,8H,5H2,1-2H3/t6-/m0/s1. The predicted molar refractivity (Wildman–Crippen MR) is 36.1 cm³/mol. The van der Waals surface area contributed by atoms with Crippen LogP contribution in [0, 0.1) is 11.8 Å². The van der Waals surface area contributed by atoms with E-state index in [1.807, 2.05) is 0 Å². The molecule has 3 heteroatoms. The van der Waals surface area contributed by atoms with Gasteiger partial charge in [0.2, 0.25) is 0 Å². The summed E-state index contributed by atoms with van der Waals surface area (Å²) in [4.78, 5) is 10.1. The SMILES string of the molecule is CC(=O)OCC#C[C@H](C)O. The van der Waals surface area contributed by atoms with E-state index in [1.54, 1.807) is 6.92 Å². The van der Waals surface area contributed by atoms with Crippen LogP contribution in [0.2, 0.25) is 0 Å². The van der Waals surface area contributed by atoms with Crippen molar-refractivity contribution in [1.82, 2.24) is 0 Å². The van der Waals surface area contributed by atoms with Crippen LogP contribution in [0.25, 0.3) is 0 Å². The molecule has 0 aliphatic rings. The summed E-state index contributed by atoms with van der Waals surface area (Å²) >= 11 is 0. The molecule has 1 atom stereocenters. The lowest BCUT2D eigenvalue weighted by atomic mass is 10.4. The smallest absolute Gasteiger partial charge is 0.303 e. The normalized spacial score (nSPS) is 11.1. The summed E-state index contributed by atoms with van der Waals surface area (Å²) in [7, 11) is 0. The van der Waals surface area contributed by atoms with Gasteiger partial charge in [-0.2, -0.15) is 0 Å². The number of rotatable bonds is 1. The van der Waals surface area contributed by atoms with Crippen LogP contribution >= 0.6 is 0 Å². The number of ether oxygens (including phenoxy) is 1. The maximum Gasteiger partial charge on any atom is 0.303 e. The van der Waals surface area contributed by atoms with Gasteiger partial charge < -0.3 is 9.84 Å². The Kier molecular flexibility index (Phi) is 4.34. The Morgan fingerprint density at radius 2 is 2.40 bits per heavy atom. The van der Waals surface area contributed by atoms with Crippen molar-refractivity contribution in [3.63, 3.8) is 0 Å². The largest absolute Gasteiger partial charge is 0.453 e. The molecule has 0 aromatic carbocycles. The van der Waals surface area contributed by atoms with Crippen molar-refractivity contribution >= 4 is 5.97 Å². The van der Waals surface area contributed by atoms with Gasteiger partial charge in [0.05, 0.1) is 0 Å². The van der Waals surface area contributed by atoms with E-state index in [-0.39, 0.29) is 12.6 Å². The summed E-state index contributed by atoms with van der Waals surface area (Å²) in [6.45, 7) is 2.91. The van der Waals surface area contributed by atoms with Gasteiger partial charge in [0.15, 0.2) is 6.61 Å². The van der Waals surface area contributed by atoms with E-state index >= 15 is 0 Å².